The zero-order valence-corrected chi connectivity index (χ0v) is 12.2. The summed E-state index contributed by atoms with van der Waals surface area (Å²) in [7, 11) is 4.18. The Kier molecular flexibility index (Phi) is 5.46. The van der Waals surface area contributed by atoms with Crippen molar-refractivity contribution in [3.05, 3.63) is 0 Å². The van der Waals surface area contributed by atoms with Gasteiger partial charge < -0.3 is 15.0 Å². The standard InChI is InChI=1S/C15H30N2O/c1-17(14-6-4-3-5-7-14)12-15(13-18-2)8-10-16-11-9-15/h14,16H,3-13H2,1-2H3. The minimum Gasteiger partial charge on any atom is -0.384 e. The summed E-state index contributed by atoms with van der Waals surface area (Å²) in [5.74, 6) is 0. The van der Waals surface area contributed by atoms with Gasteiger partial charge in [-0.3, -0.25) is 0 Å². The van der Waals surface area contributed by atoms with Gasteiger partial charge in [-0.15, -0.1) is 0 Å². The molecule has 1 aliphatic carbocycles. The van der Waals surface area contributed by atoms with Gasteiger partial charge in [0, 0.05) is 25.1 Å². The molecule has 1 saturated heterocycles. The van der Waals surface area contributed by atoms with Crippen LogP contribution >= 0.6 is 0 Å². The van der Waals surface area contributed by atoms with Crippen molar-refractivity contribution < 1.29 is 4.74 Å². The summed E-state index contributed by atoms with van der Waals surface area (Å²) in [5.41, 5.74) is 0.395. The van der Waals surface area contributed by atoms with Gasteiger partial charge in [-0.2, -0.15) is 0 Å². The number of hydrogen-bond acceptors (Lipinski definition) is 3. The van der Waals surface area contributed by atoms with Gasteiger partial charge in [0.1, 0.15) is 0 Å². The van der Waals surface area contributed by atoms with E-state index in [1.54, 1.807) is 0 Å². The lowest BCUT2D eigenvalue weighted by molar-refractivity contribution is 0.0142. The van der Waals surface area contributed by atoms with Crippen LogP contribution in [0.5, 0.6) is 0 Å². The Morgan fingerprint density at radius 2 is 1.83 bits per heavy atom. The van der Waals surface area contributed by atoms with E-state index in [9.17, 15) is 0 Å². The fourth-order valence-corrected chi connectivity index (χ4v) is 3.79. The van der Waals surface area contributed by atoms with Gasteiger partial charge in [-0.25, -0.2) is 0 Å². The molecule has 18 heavy (non-hydrogen) atoms. The smallest absolute Gasteiger partial charge is 0.0531 e. The number of rotatable bonds is 5. The molecule has 1 heterocycles. The van der Waals surface area contributed by atoms with Crippen LogP contribution < -0.4 is 5.32 Å². The summed E-state index contributed by atoms with van der Waals surface area (Å²) >= 11 is 0. The molecule has 1 saturated carbocycles. The van der Waals surface area contributed by atoms with Crippen molar-refractivity contribution in [2.75, 3.05) is 40.4 Å². The molecule has 2 fully saturated rings. The number of piperidine rings is 1. The van der Waals surface area contributed by atoms with Crippen molar-refractivity contribution in [2.24, 2.45) is 5.41 Å². The Morgan fingerprint density at radius 3 is 2.44 bits per heavy atom. The van der Waals surface area contributed by atoms with E-state index in [1.165, 1.54) is 51.5 Å². The predicted molar refractivity (Wildman–Crippen MR) is 75.9 cm³/mol. The van der Waals surface area contributed by atoms with E-state index in [-0.39, 0.29) is 0 Å². The molecule has 2 aliphatic rings. The van der Waals surface area contributed by atoms with Crippen molar-refractivity contribution >= 4 is 0 Å². The first-order chi connectivity index (χ1) is 8.76. The van der Waals surface area contributed by atoms with Crippen LogP contribution in [0.3, 0.4) is 0 Å². The third-order valence-electron chi connectivity index (χ3n) is 4.90. The Morgan fingerprint density at radius 1 is 1.17 bits per heavy atom. The molecule has 0 radical (unpaired) electrons. The maximum atomic E-state index is 5.52. The highest BCUT2D eigenvalue weighted by Crippen LogP contribution is 2.32. The molecule has 1 N–H and O–H groups in total. The highest BCUT2D eigenvalue weighted by Gasteiger charge is 2.34. The lowest BCUT2D eigenvalue weighted by Gasteiger charge is -2.43. The third kappa shape index (κ3) is 3.69. The number of ether oxygens (including phenoxy) is 1. The van der Waals surface area contributed by atoms with Crippen molar-refractivity contribution in [2.45, 2.75) is 51.0 Å². The molecule has 0 aromatic heterocycles. The second kappa shape index (κ2) is 6.88. The maximum absolute atomic E-state index is 5.52. The summed E-state index contributed by atoms with van der Waals surface area (Å²) in [6.07, 6.45) is 9.62. The summed E-state index contributed by atoms with van der Waals surface area (Å²) in [6, 6.07) is 0.822. The van der Waals surface area contributed by atoms with Gasteiger partial charge in [0.05, 0.1) is 6.61 Å². The molecule has 3 nitrogen and oxygen atoms in total. The van der Waals surface area contributed by atoms with Crippen molar-refractivity contribution in [3.63, 3.8) is 0 Å². The Bertz CT molecular complexity index is 227. The maximum Gasteiger partial charge on any atom is 0.0531 e. The van der Waals surface area contributed by atoms with Crippen LogP contribution in [0.15, 0.2) is 0 Å². The van der Waals surface area contributed by atoms with Crippen molar-refractivity contribution in [1.29, 1.82) is 0 Å². The van der Waals surface area contributed by atoms with Gasteiger partial charge in [-0.05, 0) is 45.8 Å². The highest BCUT2D eigenvalue weighted by molar-refractivity contribution is 4.88. The molecular weight excluding hydrogens is 224 g/mol. The SMILES string of the molecule is COCC1(CN(C)C2CCCCC2)CCNCC1. The minimum absolute atomic E-state index is 0.395. The van der Waals surface area contributed by atoms with E-state index in [0.29, 0.717) is 5.41 Å². The van der Waals surface area contributed by atoms with Gasteiger partial charge in [0.2, 0.25) is 0 Å². The van der Waals surface area contributed by atoms with Crippen LogP contribution in [-0.4, -0.2) is 51.3 Å². The molecule has 106 valence electrons. The lowest BCUT2D eigenvalue weighted by atomic mass is 9.78. The quantitative estimate of drug-likeness (QED) is 0.814. The average Bonchev–Trinajstić information content (AvgIpc) is 2.41. The topological polar surface area (TPSA) is 24.5 Å². The van der Waals surface area contributed by atoms with Crippen LogP contribution in [0.1, 0.15) is 44.9 Å². The molecule has 0 amide bonds. The number of hydrogen-bond donors (Lipinski definition) is 1. The molecule has 2 rings (SSSR count). The monoisotopic (exact) mass is 254 g/mol. The van der Waals surface area contributed by atoms with E-state index in [4.69, 9.17) is 4.74 Å². The van der Waals surface area contributed by atoms with Crippen LogP contribution in [0.4, 0.5) is 0 Å². The Hall–Kier alpha value is -0.120. The summed E-state index contributed by atoms with van der Waals surface area (Å²) in [5, 5.41) is 3.48. The summed E-state index contributed by atoms with van der Waals surface area (Å²) < 4.78 is 5.52. The fraction of sp³-hybridized carbons (Fsp3) is 1.00. The molecule has 0 aromatic rings. The average molecular weight is 254 g/mol. The zero-order valence-electron chi connectivity index (χ0n) is 12.2. The summed E-state index contributed by atoms with van der Waals surface area (Å²) in [4.78, 5) is 2.63. The predicted octanol–water partition coefficient (Wildman–Crippen LogP) is 2.27. The van der Waals surface area contributed by atoms with Crippen LogP contribution in [0.2, 0.25) is 0 Å². The number of nitrogens with zero attached hydrogens (tertiary/aromatic N) is 1. The van der Waals surface area contributed by atoms with E-state index in [2.05, 4.69) is 17.3 Å². The van der Waals surface area contributed by atoms with Crippen LogP contribution in [-0.2, 0) is 4.74 Å². The first-order valence-electron chi connectivity index (χ1n) is 7.66. The molecule has 0 spiro atoms. The van der Waals surface area contributed by atoms with Crippen LogP contribution in [0, 0.1) is 5.41 Å². The Balaban J connectivity index is 1.90. The van der Waals surface area contributed by atoms with Crippen LogP contribution in [0.25, 0.3) is 0 Å². The molecule has 0 aromatic carbocycles. The second-order valence-corrected chi connectivity index (χ2v) is 6.39. The normalized spacial score (nSPS) is 25.5. The molecule has 0 bridgehead atoms. The van der Waals surface area contributed by atoms with Crippen molar-refractivity contribution in [1.82, 2.24) is 10.2 Å². The van der Waals surface area contributed by atoms with E-state index >= 15 is 0 Å². The molecule has 3 heteroatoms. The lowest BCUT2D eigenvalue weighted by Crippen LogP contribution is -2.49. The van der Waals surface area contributed by atoms with Gasteiger partial charge >= 0.3 is 0 Å². The van der Waals surface area contributed by atoms with E-state index in [0.717, 1.165) is 25.7 Å². The van der Waals surface area contributed by atoms with Crippen molar-refractivity contribution in [3.8, 4) is 0 Å². The van der Waals surface area contributed by atoms with E-state index < -0.39 is 0 Å². The second-order valence-electron chi connectivity index (χ2n) is 6.39. The molecule has 0 unspecified atom stereocenters. The fourth-order valence-electron chi connectivity index (χ4n) is 3.79. The zero-order chi connectivity index (χ0) is 12.8. The molecular formula is C15H30N2O. The van der Waals surface area contributed by atoms with Gasteiger partial charge in [0.25, 0.3) is 0 Å². The van der Waals surface area contributed by atoms with E-state index in [1.807, 2.05) is 7.11 Å². The minimum atomic E-state index is 0.395. The first kappa shape index (κ1) is 14.3. The number of methoxy groups -OCH3 is 1. The Labute approximate surface area is 112 Å². The molecule has 0 atom stereocenters. The highest BCUT2D eigenvalue weighted by atomic mass is 16.5. The third-order valence-corrected chi connectivity index (χ3v) is 4.90. The molecule has 1 aliphatic heterocycles. The largest absolute Gasteiger partial charge is 0.384 e. The summed E-state index contributed by atoms with van der Waals surface area (Å²) in [6.45, 7) is 4.45. The first-order valence-corrected chi connectivity index (χ1v) is 7.66. The van der Waals surface area contributed by atoms with Gasteiger partial charge in [-0.1, -0.05) is 19.3 Å². The number of nitrogens with one attached hydrogen (secondary N) is 1. The van der Waals surface area contributed by atoms with Gasteiger partial charge in [0.15, 0.2) is 0 Å².